The molecule has 1 atom stereocenters. The van der Waals surface area contributed by atoms with Crippen molar-refractivity contribution in [2.75, 3.05) is 19.8 Å². The average Bonchev–Trinajstić information content (AvgIpc) is 3.50. The number of nitrogens with two attached hydrogens (primary N) is 3. The predicted octanol–water partition coefficient (Wildman–Crippen LogP) is -0.163. The number of hydrogen-bond acceptors (Lipinski definition) is 12. The van der Waals surface area contributed by atoms with Gasteiger partial charge in [0, 0.05) is 19.6 Å². The van der Waals surface area contributed by atoms with Crippen LogP contribution in [0.5, 0.6) is 0 Å². The van der Waals surface area contributed by atoms with Crippen molar-refractivity contribution >= 4 is 47.4 Å². The number of aliphatic hydroxyl groups is 1. The number of aromatic nitrogens is 1. The molecule has 1 aliphatic rings. The molecule has 0 saturated carbocycles. The maximum atomic E-state index is 13.0. The number of thiazole rings is 1. The molecule has 4 rings (SSSR count). The maximum absolute atomic E-state index is 13.0. The number of primary sulfonamides is 1. The van der Waals surface area contributed by atoms with Crippen LogP contribution in [0.25, 0.3) is 21.3 Å². The van der Waals surface area contributed by atoms with Crippen molar-refractivity contribution in [2.24, 2.45) is 31.8 Å². The number of amidine groups is 1. The number of azo groups is 1. The minimum Gasteiger partial charge on any atom is -0.390 e. The summed E-state index contributed by atoms with van der Waals surface area (Å²) in [4.78, 5) is 7.27. The fourth-order valence-electron chi connectivity index (χ4n) is 3.48. The lowest BCUT2D eigenvalue weighted by Gasteiger charge is -2.18. The molecule has 186 valence electrons. The molecule has 0 bridgehead atoms. The third-order valence-electron chi connectivity index (χ3n) is 5.07. The molecule has 0 unspecified atom stereocenters. The summed E-state index contributed by atoms with van der Waals surface area (Å²) in [5.74, 6) is -0.0795. The molecule has 0 saturated heterocycles. The molecule has 16 heteroatoms. The molecule has 0 spiro atoms. The monoisotopic (exact) mass is 538 g/mol. The minimum atomic E-state index is -4.62. The fraction of sp³-hybridized carbons (Fsp3) is 0.263. The molecular weight excluding hydrogens is 516 g/mol. The van der Waals surface area contributed by atoms with Crippen molar-refractivity contribution in [3.05, 3.63) is 40.9 Å². The van der Waals surface area contributed by atoms with Gasteiger partial charge in [0.1, 0.15) is 14.8 Å². The van der Waals surface area contributed by atoms with Gasteiger partial charge in [0.25, 0.3) is 0 Å². The molecule has 1 aromatic heterocycles. The quantitative estimate of drug-likeness (QED) is 0.245. The Balaban J connectivity index is 1.98. The third kappa shape index (κ3) is 5.14. The van der Waals surface area contributed by atoms with Gasteiger partial charge in [0.15, 0.2) is 12.5 Å². The van der Waals surface area contributed by atoms with E-state index in [4.69, 9.17) is 16.6 Å². The van der Waals surface area contributed by atoms with Gasteiger partial charge in [-0.1, -0.05) is 12.1 Å². The lowest BCUT2D eigenvalue weighted by molar-refractivity contribution is 0.186. The second-order valence-corrected chi connectivity index (χ2v) is 11.8. The van der Waals surface area contributed by atoms with Gasteiger partial charge in [-0.15, -0.1) is 16.5 Å². The van der Waals surface area contributed by atoms with E-state index in [-0.39, 0.29) is 31.2 Å². The van der Waals surface area contributed by atoms with Gasteiger partial charge in [-0.2, -0.15) is 5.11 Å². The van der Waals surface area contributed by atoms with E-state index in [2.05, 4.69) is 24.9 Å². The van der Waals surface area contributed by atoms with Crippen LogP contribution in [-0.4, -0.2) is 58.6 Å². The van der Waals surface area contributed by atoms with Crippen molar-refractivity contribution in [3.8, 4) is 11.1 Å². The highest BCUT2D eigenvalue weighted by Crippen LogP contribution is 2.36. The predicted molar refractivity (Wildman–Crippen MR) is 131 cm³/mol. The Kier molecular flexibility index (Phi) is 7.07. The Morgan fingerprint density at radius 3 is 2.54 bits per heavy atom. The van der Waals surface area contributed by atoms with Gasteiger partial charge in [-0.3, -0.25) is 0 Å². The normalized spacial score (nSPS) is 15.0. The molecule has 2 aromatic carbocycles. The van der Waals surface area contributed by atoms with E-state index in [1.807, 2.05) is 0 Å². The molecular formula is C19H22N8O5S3. The molecule has 0 fully saturated rings. The highest BCUT2D eigenvalue weighted by molar-refractivity contribution is 7.92. The number of rotatable bonds is 9. The van der Waals surface area contributed by atoms with Gasteiger partial charge in [0.2, 0.25) is 20.0 Å². The van der Waals surface area contributed by atoms with Crippen LogP contribution < -0.4 is 21.3 Å². The molecule has 1 aliphatic heterocycles. The minimum absolute atomic E-state index is 0.0538. The van der Waals surface area contributed by atoms with E-state index in [1.54, 1.807) is 18.2 Å². The number of nitrogens with zero attached hydrogens (tertiary/aromatic N) is 4. The highest BCUT2D eigenvalue weighted by Gasteiger charge is 2.32. The standard InChI is InChI=1S/C19H22N8O5S3/c20-6-11(28)8-25-35(31,32)15-4-2-12(10-1-3-14-13(5-10)26-16(7-21)33-14)17(18(15)34(22,29)30)19-23-9-24-27-19/h1-5,11,25,28H,6-9,20-21H2,(H2,22,29,30)/t11-/m1/s1. The van der Waals surface area contributed by atoms with Gasteiger partial charge < -0.3 is 16.6 Å². The zero-order chi connectivity index (χ0) is 25.4. The van der Waals surface area contributed by atoms with Crippen LogP contribution in [0.15, 0.2) is 55.3 Å². The van der Waals surface area contributed by atoms with E-state index in [0.29, 0.717) is 16.6 Å². The van der Waals surface area contributed by atoms with Crippen LogP contribution in [0.1, 0.15) is 10.6 Å². The Morgan fingerprint density at radius 1 is 1.14 bits per heavy atom. The van der Waals surface area contributed by atoms with E-state index < -0.39 is 42.5 Å². The first-order chi connectivity index (χ1) is 16.5. The first-order valence-corrected chi connectivity index (χ1v) is 14.0. The van der Waals surface area contributed by atoms with Crippen molar-refractivity contribution in [1.82, 2.24) is 9.71 Å². The number of nitrogens with one attached hydrogen (secondary N) is 1. The maximum Gasteiger partial charge on any atom is 0.242 e. The summed E-state index contributed by atoms with van der Waals surface area (Å²) in [5.41, 5.74) is 12.4. The zero-order valence-corrected chi connectivity index (χ0v) is 20.6. The number of sulfonamides is 2. The lowest BCUT2D eigenvalue weighted by atomic mass is 9.98. The molecule has 35 heavy (non-hydrogen) atoms. The van der Waals surface area contributed by atoms with Crippen LogP contribution >= 0.6 is 11.3 Å². The van der Waals surface area contributed by atoms with Crippen molar-refractivity contribution < 1.29 is 21.9 Å². The summed E-state index contributed by atoms with van der Waals surface area (Å²) < 4.78 is 54.7. The highest BCUT2D eigenvalue weighted by atomic mass is 32.2. The van der Waals surface area contributed by atoms with E-state index >= 15 is 0 Å². The number of hydrogen-bond donors (Lipinski definition) is 5. The van der Waals surface area contributed by atoms with Crippen molar-refractivity contribution in [3.63, 3.8) is 0 Å². The summed E-state index contributed by atoms with van der Waals surface area (Å²) in [6, 6.07) is 7.83. The molecule has 0 amide bonds. The third-order valence-corrected chi connectivity index (χ3v) is 8.71. The van der Waals surface area contributed by atoms with Crippen LogP contribution in [-0.2, 0) is 26.6 Å². The molecule has 3 aromatic rings. The van der Waals surface area contributed by atoms with E-state index in [1.165, 1.54) is 17.4 Å². The summed E-state index contributed by atoms with van der Waals surface area (Å²) in [7, 11) is -9.06. The van der Waals surface area contributed by atoms with Gasteiger partial charge in [-0.05, 0) is 29.3 Å². The topological polar surface area (TPSA) is 229 Å². The first kappa shape index (κ1) is 25.4. The second kappa shape index (κ2) is 9.75. The Hall–Kier alpha value is -2.70. The molecule has 0 radical (unpaired) electrons. The SMILES string of the molecule is NCc1nc2cc(-c3ccc(S(=O)(=O)NC[C@H](O)CN)c(S(N)(=O)=O)c3C3=NCN=N3)ccc2s1. The zero-order valence-electron chi connectivity index (χ0n) is 18.1. The van der Waals surface area contributed by atoms with Crippen LogP contribution in [0.3, 0.4) is 0 Å². The smallest absolute Gasteiger partial charge is 0.242 e. The lowest BCUT2D eigenvalue weighted by Crippen LogP contribution is -2.37. The summed E-state index contributed by atoms with van der Waals surface area (Å²) in [6.45, 7) is -0.408. The van der Waals surface area contributed by atoms with Crippen LogP contribution in [0.2, 0.25) is 0 Å². The molecule has 13 nitrogen and oxygen atoms in total. The number of benzene rings is 2. The van der Waals surface area contributed by atoms with E-state index in [0.717, 1.165) is 15.8 Å². The van der Waals surface area contributed by atoms with Gasteiger partial charge >= 0.3 is 0 Å². The number of fused-ring (bicyclic) bond motifs is 1. The van der Waals surface area contributed by atoms with Crippen molar-refractivity contribution in [1.29, 1.82) is 0 Å². The summed E-state index contributed by atoms with van der Waals surface area (Å²) in [5, 5.41) is 23.6. The summed E-state index contributed by atoms with van der Waals surface area (Å²) in [6.07, 6.45) is -1.17. The molecule has 2 heterocycles. The number of aliphatic hydroxyl groups excluding tert-OH is 1. The largest absolute Gasteiger partial charge is 0.390 e. The molecule has 8 N–H and O–H groups in total. The van der Waals surface area contributed by atoms with Crippen LogP contribution in [0.4, 0.5) is 0 Å². The Bertz CT molecular complexity index is 1560. The fourth-order valence-corrected chi connectivity index (χ4v) is 6.97. The first-order valence-electron chi connectivity index (χ1n) is 10.1. The molecule has 0 aliphatic carbocycles. The Morgan fingerprint density at radius 2 is 1.91 bits per heavy atom. The summed E-state index contributed by atoms with van der Waals surface area (Å²) >= 11 is 1.43. The van der Waals surface area contributed by atoms with Gasteiger partial charge in [0.05, 0.1) is 21.9 Å². The van der Waals surface area contributed by atoms with E-state index in [9.17, 15) is 21.9 Å². The Labute approximate surface area is 204 Å². The number of aliphatic imine (C=N–C) groups is 1. The second-order valence-electron chi connectivity index (χ2n) is 7.46. The van der Waals surface area contributed by atoms with Gasteiger partial charge in [-0.25, -0.2) is 36.7 Å². The van der Waals surface area contributed by atoms with Crippen molar-refractivity contribution in [2.45, 2.75) is 22.4 Å². The average molecular weight is 539 g/mol. The van der Waals surface area contributed by atoms with Crippen LogP contribution in [0, 0.1) is 0 Å².